The van der Waals surface area contributed by atoms with Crippen LogP contribution < -0.4 is 5.32 Å². The van der Waals surface area contributed by atoms with Gasteiger partial charge in [0.2, 0.25) is 0 Å². The maximum atomic E-state index is 5.69. The van der Waals surface area contributed by atoms with Crippen LogP contribution in [0.4, 0.5) is 0 Å². The molecule has 0 bridgehead atoms. The van der Waals surface area contributed by atoms with E-state index in [1.165, 1.54) is 11.1 Å². The van der Waals surface area contributed by atoms with E-state index in [0.717, 1.165) is 32.6 Å². The van der Waals surface area contributed by atoms with Crippen molar-refractivity contribution in [2.24, 2.45) is 5.41 Å². The summed E-state index contributed by atoms with van der Waals surface area (Å²) in [7, 11) is 0. The molecule has 19 heavy (non-hydrogen) atoms. The van der Waals surface area contributed by atoms with Crippen molar-refractivity contribution in [1.82, 2.24) is 5.32 Å². The predicted molar refractivity (Wildman–Crippen MR) is 80.5 cm³/mol. The molecule has 106 valence electrons. The summed E-state index contributed by atoms with van der Waals surface area (Å²) in [6, 6.07) is 8.86. The third-order valence-corrected chi connectivity index (χ3v) is 3.84. The minimum Gasteiger partial charge on any atom is -0.381 e. The maximum absolute atomic E-state index is 5.69. The van der Waals surface area contributed by atoms with Crippen LogP contribution in [-0.2, 0) is 11.2 Å². The molecule has 2 nitrogen and oxygen atoms in total. The van der Waals surface area contributed by atoms with Crippen LogP contribution in [0.3, 0.4) is 0 Å². The number of ether oxygens (including phenoxy) is 1. The largest absolute Gasteiger partial charge is 0.381 e. The zero-order valence-electron chi connectivity index (χ0n) is 12.8. The van der Waals surface area contributed by atoms with Gasteiger partial charge in [-0.1, -0.05) is 29.8 Å². The summed E-state index contributed by atoms with van der Waals surface area (Å²) in [6.45, 7) is 11.6. The van der Waals surface area contributed by atoms with E-state index in [2.05, 4.69) is 57.3 Å². The Labute approximate surface area is 117 Å². The van der Waals surface area contributed by atoms with Crippen LogP contribution in [-0.4, -0.2) is 25.3 Å². The Bertz CT molecular complexity index is 414. The highest BCUT2D eigenvalue weighted by Gasteiger charge is 2.35. The summed E-state index contributed by atoms with van der Waals surface area (Å²) in [5.41, 5.74) is 3.21. The molecular formula is C17H27NO. The molecule has 0 amide bonds. The molecule has 1 aliphatic rings. The second kappa shape index (κ2) is 5.64. The SMILES string of the molecule is Cc1cccc(CC2(CNC(C)(C)C)CCOC2)c1. The Balaban J connectivity index is 2.07. The smallest absolute Gasteiger partial charge is 0.0538 e. The summed E-state index contributed by atoms with van der Waals surface area (Å²) in [6.07, 6.45) is 2.27. The average molecular weight is 261 g/mol. The van der Waals surface area contributed by atoms with E-state index in [0.29, 0.717) is 0 Å². The van der Waals surface area contributed by atoms with Crippen LogP contribution in [0, 0.1) is 12.3 Å². The normalized spacial score (nSPS) is 23.8. The molecule has 0 aromatic heterocycles. The van der Waals surface area contributed by atoms with Crippen molar-refractivity contribution < 1.29 is 4.74 Å². The Morgan fingerprint density at radius 1 is 1.32 bits per heavy atom. The Hall–Kier alpha value is -0.860. The Kier molecular flexibility index (Phi) is 4.32. The minimum atomic E-state index is 0.169. The second-order valence-electron chi connectivity index (χ2n) is 7.07. The summed E-state index contributed by atoms with van der Waals surface area (Å²) < 4.78 is 5.69. The van der Waals surface area contributed by atoms with Crippen LogP contribution in [0.5, 0.6) is 0 Å². The zero-order valence-corrected chi connectivity index (χ0v) is 12.8. The fraction of sp³-hybridized carbons (Fsp3) is 0.647. The van der Waals surface area contributed by atoms with Gasteiger partial charge in [-0.05, 0) is 46.1 Å². The molecule has 0 spiro atoms. The molecule has 1 heterocycles. The van der Waals surface area contributed by atoms with Gasteiger partial charge in [-0.2, -0.15) is 0 Å². The first kappa shape index (κ1) is 14.5. The average Bonchev–Trinajstić information content (AvgIpc) is 2.75. The summed E-state index contributed by atoms with van der Waals surface area (Å²) in [5.74, 6) is 0. The zero-order chi connectivity index (χ0) is 13.9. The molecule has 0 saturated carbocycles. The van der Waals surface area contributed by atoms with Gasteiger partial charge >= 0.3 is 0 Å². The molecule has 1 aromatic carbocycles. The molecule has 2 heteroatoms. The van der Waals surface area contributed by atoms with E-state index >= 15 is 0 Å². The summed E-state index contributed by atoms with van der Waals surface area (Å²) in [5, 5.41) is 3.66. The summed E-state index contributed by atoms with van der Waals surface area (Å²) >= 11 is 0. The van der Waals surface area contributed by atoms with Crippen LogP contribution in [0.25, 0.3) is 0 Å². The van der Waals surface area contributed by atoms with Gasteiger partial charge in [-0.15, -0.1) is 0 Å². The van der Waals surface area contributed by atoms with Crippen molar-refractivity contribution >= 4 is 0 Å². The topological polar surface area (TPSA) is 21.3 Å². The summed E-state index contributed by atoms with van der Waals surface area (Å²) in [4.78, 5) is 0. The van der Waals surface area contributed by atoms with E-state index in [-0.39, 0.29) is 11.0 Å². The van der Waals surface area contributed by atoms with Gasteiger partial charge in [0, 0.05) is 24.1 Å². The number of hydrogen-bond acceptors (Lipinski definition) is 2. The fourth-order valence-electron chi connectivity index (χ4n) is 2.70. The van der Waals surface area contributed by atoms with Crippen LogP contribution >= 0.6 is 0 Å². The van der Waals surface area contributed by atoms with Crippen LogP contribution in [0.2, 0.25) is 0 Å². The number of hydrogen-bond donors (Lipinski definition) is 1. The molecule has 1 saturated heterocycles. The molecule has 0 aliphatic carbocycles. The fourth-order valence-corrected chi connectivity index (χ4v) is 2.70. The molecule has 1 aromatic rings. The Morgan fingerprint density at radius 2 is 2.11 bits per heavy atom. The predicted octanol–water partition coefficient (Wildman–Crippen LogP) is 3.33. The van der Waals surface area contributed by atoms with Crippen molar-refractivity contribution in [2.45, 2.75) is 46.1 Å². The number of benzene rings is 1. The number of rotatable bonds is 4. The van der Waals surface area contributed by atoms with Gasteiger partial charge in [0.25, 0.3) is 0 Å². The molecule has 1 unspecified atom stereocenters. The molecular weight excluding hydrogens is 234 g/mol. The molecule has 1 aliphatic heterocycles. The first-order chi connectivity index (χ1) is 8.89. The number of nitrogens with one attached hydrogen (secondary N) is 1. The standard InChI is InChI=1S/C17H27NO/c1-14-6-5-7-15(10-14)11-17(8-9-19-13-17)12-18-16(2,3)4/h5-7,10,18H,8-9,11-13H2,1-4H3. The van der Waals surface area contributed by atoms with Gasteiger partial charge in [0.15, 0.2) is 0 Å². The first-order valence-corrected chi connectivity index (χ1v) is 7.27. The van der Waals surface area contributed by atoms with Gasteiger partial charge < -0.3 is 10.1 Å². The highest BCUT2D eigenvalue weighted by atomic mass is 16.5. The van der Waals surface area contributed by atoms with Gasteiger partial charge in [0.1, 0.15) is 0 Å². The second-order valence-corrected chi connectivity index (χ2v) is 7.07. The minimum absolute atomic E-state index is 0.169. The Morgan fingerprint density at radius 3 is 2.68 bits per heavy atom. The molecule has 1 fully saturated rings. The first-order valence-electron chi connectivity index (χ1n) is 7.27. The van der Waals surface area contributed by atoms with Crippen LogP contribution in [0.15, 0.2) is 24.3 Å². The van der Waals surface area contributed by atoms with E-state index in [1.54, 1.807) is 0 Å². The van der Waals surface area contributed by atoms with E-state index in [9.17, 15) is 0 Å². The number of aryl methyl sites for hydroxylation is 1. The van der Waals surface area contributed by atoms with E-state index < -0.39 is 0 Å². The lowest BCUT2D eigenvalue weighted by Gasteiger charge is -2.32. The molecule has 0 radical (unpaired) electrons. The van der Waals surface area contributed by atoms with E-state index in [4.69, 9.17) is 4.74 Å². The van der Waals surface area contributed by atoms with Gasteiger partial charge in [-0.3, -0.25) is 0 Å². The van der Waals surface area contributed by atoms with E-state index in [1.807, 2.05) is 0 Å². The van der Waals surface area contributed by atoms with Crippen LogP contribution in [0.1, 0.15) is 38.3 Å². The quantitative estimate of drug-likeness (QED) is 0.897. The lowest BCUT2D eigenvalue weighted by atomic mass is 9.80. The lowest BCUT2D eigenvalue weighted by molar-refractivity contribution is 0.144. The third-order valence-electron chi connectivity index (χ3n) is 3.84. The van der Waals surface area contributed by atoms with Gasteiger partial charge in [-0.25, -0.2) is 0 Å². The lowest BCUT2D eigenvalue weighted by Crippen LogP contribution is -2.45. The van der Waals surface area contributed by atoms with Crippen molar-refractivity contribution in [3.63, 3.8) is 0 Å². The molecule has 1 atom stereocenters. The van der Waals surface area contributed by atoms with Gasteiger partial charge in [0.05, 0.1) is 6.61 Å². The van der Waals surface area contributed by atoms with Crippen molar-refractivity contribution in [1.29, 1.82) is 0 Å². The molecule has 1 N–H and O–H groups in total. The third kappa shape index (κ3) is 4.32. The van der Waals surface area contributed by atoms with Crippen molar-refractivity contribution in [2.75, 3.05) is 19.8 Å². The maximum Gasteiger partial charge on any atom is 0.0538 e. The monoisotopic (exact) mass is 261 g/mol. The highest BCUT2D eigenvalue weighted by Crippen LogP contribution is 2.32. The highest BCUT2D eigenvalue weighted by molar-refractivity contribution is 5.23. The van der Waals surface area contributed by atoms with Crippen molar-refractivity contribution in [3.8, 4) is 0 Å². The van der Waals surface area contributed by atoms with Crippen molar-refractivity contribution in [3.05, 3.63) is 35.4 Å². The molecule has 2 rings (SSSR count).